The van der Waals surface area contributed by atoms with Gasteiger partial charge < -0.3 is 10.6 Å². The average Bonchev–Trinajstić information content (AvgIpc) is 3.04. The van der Waals surface area contributed by atoms with Gasteiger partial charge >= 0.3 is 0 Å². The zero-order valence-corrected chi connectivity index (χ0v) is 8.16. The minimum absolute atomic E-state index is 0.660. The highest BCUT2D eigenvalue weighted by atomic mass is 15.1. The first kappa shape index (κ1) is 8.09. The van der Waals surface area contributed by atoms with E-state index in [9.17, 15) is 0 Å². The largest absolute Gasteiger partial charge is 0.379 e. The molecule has 1 fully saturated rings. The molecular formula is C11H15N3. The van der Waals surface area contributed by atoms with Gasteiger partial charge in [-0.25, -0.2) is 4.98 Å². The zero-order chi connectivity index (χ0) is 9.38. The maximum atomic E-state index is 4.32. The van der Waals surface area contributed by atoms with E-state index < -0.39 is 0 Å². The van der Waals surface area contributed by atoms with Gasteiger partial charge in [0.15, 0.2) is 0 Å². The van der Waals surface area contributed by atoms with Crippen LogP contribution in [0.1, 0.15) is 19.3 Å². The molecule has 74 valence electrons. The van der Waals surface area contributed by atoms with E-state index in [1.165, 1.54) is 24.9 Å². The third-order valence-corrected chi connectivity index (χ3v) is 3.09. The molecule has 1 aromatic rings. The first-order valence-corrected chi connectivity index (χ1v) is 5.39. The number of aromatic nitrogens is 1. The van der Waals surface area contributed by atoms with Crippen molar-refractivity contribution in [2.45, 2.75) is 25.3 Å². The minimum atomic E-state index is 0.660. The van der Waals surface area contributed by atoms with Crippen LogP contribution in [0, 0.1) is 5.92 Å². The Kier molecular flexibility index (Phi) is 1.82. The number of hydrogen-bond acceptors (Lipinski definition) is 3. The summed E-state index contributed by atoms with van der Waals surface area (Å²) in [6.07, 6.45) is 5.84. The molecule has 0 bridgehead atoms. The number of hydrogen-bond donors (Lipinski definition) is 2. The van der Waals surface area contributed by atoms with Crippen molar-refractivity contribution in [3.05, 3.63) is 18.3 Å². The summed E-state index contributed by atoms with van der Waals surface area (Å²) in [6, 6.07) is 4.76. The first-order valence-electron chi connectivity index (χ1n) is 5.39. The van der Waals surface area contributed by atoms with Crippen LogP contribution in [0.2, 0.25) is 0 Å². The van der Waals surface area contributed by atoms with Gasteiger partial charge in [-0.3, -0.25) is 0 Å². The Balaban J connectivity index is 1.86. The van der Waals surface area contributed by atoms with Gasteiger partial charge in [0.2, 0.25) is 0 Å². The van der Waals surface area contributed by atoms with Crippen molar-refractivity contribution in [2.75, 3.05) is 17.2 Å². The van der Waals surface area contributed by atoms with Gasteiger partial charge in [-0.15, -0.1) is 0 Å². The lowest BCUT2D eigenvalue weighted by molar-refractivity contribution is 0.609. The Hall–Kier alpha value is -1.25. The molecule has 1 unspecified atom stereocenters. The Bertz CT molecular complexity index is 333. The molecule has 1 aliphatic carbocycles. The highest BCUT2D eigenvalue weighted by Crippen LogP contribution is 2.37. The van der Waals surface area contributed by atoms with Crippen LogP contribution in [0.15, 0.2) is 18.3 Å². The molecule has 0 saturated heterocycles. The number of rotatable bonds is 1. The Morgan fingerprint density at radius 1 is 1.29 bits per heavy atom. The monoisotopic (exact) mass is 189 g/mol. The summed E-state index contributed by atoms with van der Waals surface area (Å²) in [4.78, 5) is 4.32. The van der Waals surface area contributed by atoms with Crippen molar-refractivity contribution in [3.63, 3.8) is 0 Å². The molecule has 1 aromatic heterocycles. The molecule has 1 atom stereocenters. The van der Waals surface area contributed by atoms with Crippen molar-refractivity contribution < 1.29 is 0 Å². The molecule has 2 N–H and O–H groups in total. The lowest BCUT2D eigenvalue weighted by Crippen LogP contribution is -2.21. The summed E-state index contributed by atoms with van der Waals surface area (Å²) >= 11 is 0. The molecule has 2 heterocycles. The van der Waals surface area contributed by atoms with Crippen LogP contribution in [0.25, 0.3) is 0 Å². The van der Waals surface area contributed by atoms with Crippen molar-refractivity contribution in [1.29, 1.82) is 0 Å². The van der Waals surface area contributed by atoms with Gasteiger partial charge in [-0.05, 0) is 37.3 Å². The Morgan fingerprint density at radius 3 is 3.07 bits per heavy atom. The van der Waals surface area contributed by atoms with E-state index in [0.717, 1.165) is 18.3 Å². The summed E-state index contributed by atoms with van der Waals surface area (Å²) in [5, 5.41) is 6.96. The molecule has 0 radical (unpaired) electrons. The third kappa shape index (κ3) is 1.43. The number of anilines is 2. The van der Waals surface area contributed by atoms with Crippen molar-refractivity contribution >= 4 is 11.5 Å². The number of nitrogens with zero attached hydrogens (tertiary/aromatic N) is 1. The molecule has 0 spiro atoms. The van der Waals surface area contributed by atoms with Crippen LogP contribution in [0.4, 0.5) is 11.5 Å². The smallest absolute Gasteiger partial charge is 0.149 e. The van der Waals surface area contributed by atoms with Crippen LogP contribution >= 0.6 is 0 Å². The lowest BCUT2D eigenvalue weighted by Gasteiger charge is -2.15. The van der Waals surface area contributed by atoms with Gasteiger partial charge in [0.05, 0.1) is 5.69 Å². The maximum absolute atomic E-state index is 4.32. The second kappa shape index (κ2) is 3.15. The number of pyridine rings is 1. The first-order chi connectivity index (χ1) is 6.93. The van der Waals surface area contributed by atoms with Gasteiger partial charge in [0.25, 0.3) is 0 Å². The fourth-order valence-electron chi connectivity index (χ4n) is 2.13. The van der Waals surface area contributed by atoms with E-state index in [-0.39, 0.29) is 0 Å². The van der Waals surface area contributed by atoms with Crippen molar-refractivity contribution in [2.24, 2.45) is 5.92 Å². The molecule has 2 aliphatic rings. The fourth-order valence-corrected chi connectivity index (χ4v) is 2.13. The molecule has 1 saturated carbocycles. The van der Waals surface area contributed by atoms with Crippen LogP contribution in [0.3, 0.4) is 0 Å². The zero-order valence-electron chi connectivity index (χ0n) is 8.16. The number of fused-ring (bicyclic) bond motifs is 1. The van der Waals surface area contributed by atoms with E-state index >= 15 is 0 Å². The predicted molar refractivity (Wildman–Crippen MR) is 57.5 cm³/mol. The van der Waals surface area contributed by atoms with Crippen molar-refractivity contribution in [1.82, 2.24) is 4.98 Å². The van der Waals surface area contributed by atoms with Crippen LogP contribution in [-0.2, 0) is 0 Å². The average molecular weight is 189 g/mol. The van der Waals surface area contributed by atoms with E-state index in [4.69, 9.17) is 0 Å². The summed E-state index contributed by atoms with van der Waals surface area (Å²) in [7, 11) is 0. The Morgan fingerprint density at radius 2 is 2.21 bits per heavy atom. The van der Waals surface area contributed by atoms with Gasteiger partial charge in [-0.1, -0.05) is 0 Å². The Labute approximate surface area is 83.9 Å². The predicted octanol–water partition coefficient (Wildman–Crippen LogP) is 2.09. The van der Waals surface area contributed by atoms with Gasteiger partial charge in [0.1, 0.15) is 5.82 Å². The second-order valence-corrected chi connectivity index (χ2v) is 4.20. The summed E-state index contributed by atoms with van der Waals surface area (Å²) < 4.78 is 0. The SMILES string of the molecule is c1cnc2c(c1)NC(C1CC1)CCN2. The number of nitrogens with one attached hydrogen (secondary N) is 2. The highest BCUT2D eigenvalue weighted by Gasteiger charge is 2.32. The van der Waals surface area contributed by atoms with Gasteiger partial charge in [-0.2, -0.15) is 0 Å². The van der Waals surface area contributed by atoms with E-state index in [2.05, 4.69) is 21.7 Å². The minimum Gasteiger partial charge on any atom is -0.379 e. The standard InChI is InChI=1S/C11H15N3/c1-2-10-11(12-6-1)13-7-5-9(14-10)8-3-4-8/h1-2,6,8-9,14H,3-5,7H2,(H,12,13). The molecule has 3 nitrogen and oxygen atoms in total. The molecule has 0 amide bonds. The fraction of sp³-hybridized carbons (Fsp3) is 0.545. The highest BCUT2D eigenvalue weighted by molar-refractivity contribution is 5.65. The summed E-state index contributed by atoms with van der Waals surface area (Å²) in [5.41, 5.74) is 1.17. The topological polar surface area (TPSA) is 37.0 Å². The summed E-state index contributed by atoms with van der Waals surface area (Å²) in [5.74, 6) is 1.92. The van der Waals surface area contributed by atoms with Crippen molar-refractivity contribution in [3.8, 4) is 0 Å². The molecule has 3 rings (SSSR count). The van der Waals surface area contributed by atoms with Crippen LogP contribution in [0.5, 0.6) is 0 Å². The maximum Gasteiger partial charge on any atom is 0.149 e. The normalized spacial score (nSPS) is 25.6. The van der Waals surface area contributed by atoms with Crippen LogP contribution < -0.4 is 10.6 Å². The van der Waals surface area contributed by atoms with E-state index in [1.54, 1.807) is 0 Å². The van der Waals surface area contributed by atoms with Crippen LogP contribution in [-0.4, -0.2) is 17.6 Å². The lowest BCUT2D eigenvalue weighted by atomic mass is 10.1. The molecular weight excluding hydrogens is 174 g/mol. The quantitative estimate of drug-likeness (QED) is 0.710. The third-order valence-electron chi connectivity index (χ3n) is 3.09. The molecule has 3 heteroatoms. The second-order valence-electron chi connectivity index (χ2n) is 4.20. The molecule has 14 heavy (non-hydrogen) atoms. The summed E-state index contributed by atoms with van der Waals surface area (Å²) in [6.45, 7) is 1.04. The molecule has 1 aliphatic heterocycles. The molecule has 0 aromatic carbocycles. The van der Waals surface area contributed by atoms with Gasteiger partial charge in [0, 0.05) is 18.8 Å². The van der Waals surface area contributed by atoms with E-state index in [1.807, 2.05) is 12.3 Å². The van der Waals surface area contributed by atoms with E-state index in [0.29, 0.717) is 6.04 Å².